The second-order valence-corrected chi connectivity index (χ2v) is 23.3. The van der Waals surface area contributed by atoms with Crippen molar-refractivity contribution in [2.75, 3.05) is 40.6 Å². The summed E-state index contributed by atoms with van der Waals surface area (Å²) in [6.07, 6.45) is 2.29. The highest BCUT2D eigenvalue weighted by molar-refractivity contribution is 6.45. The molecule has 0 spiro atoms. The van der Waals surface area contributed by atoms with Gasteiger partial charge in [-0.05, 0) is 92.5 Å². The van der Waals surface area contributed by atoms with E-state index in [9.17, 15) is 38.9 Å². The van der Waals surface area contributed by atoms with Crippen molar-refractivity contribution < 1.29 is 29.3 Å². The number of nitrogens with zero attached hydrogens (tertiary/aromatic N) is 11. The molecule has 1 fully saturated rings. The van der Waals surface area contributed by atoms with E-state index in [4.69, 9.17) is 45.3 Å². The molecule has 0 atom stereocenters. The molecule has 0 unspecified atom stereocenters. The van der Waals surface area contributed by atoms with Gasteiger partial charge >= 0.3 is 13.0 Å². The van der Waals surface area contributed by atoms with Crippen LogP contribution in [-0.2, 0) is 59.5 Å². The van der Waals surface area contributed by atoms with Crippen LogP contribution in [0.3, 0.4) is 0 Å². The maximum absolute atomic E-state index is 13.5. The first-order valence-electron chi connectivity index (χ1n) is 29.3. The van der Waals surface area contributed by atoms with Crippen LogP contribution in [0.25, 0.3) is 82.5 Å². The Morgan fingerprint density at radius 2 is 0.870 bits per heavy atom. The number of nitrogens with one attached hydrogen (secondary N) is 1. The van der Waals surface area contributed by atoms with Gasteiger partial charge in [0.1, 0.15) is 16.6 Å². The normalized spacial score (nSPS) is 12.0. The third-order valence-electron chi connectivity index (χ3n) is 15.7. The van der Waals surface area contributed by atoms with Crippen LogP contribution in [0.15, 0.2) is 160 Å². The summed E-state index contributed by atoms with van der Waals surface area (Å²) >= 11 is 18.5. The standard InChI is InChI=1S/C22H23BClN5O3.C21H20ClN5O2.C19H14ClN3O3.C4H8O/c1-23(32)25-13-27(2)19(30)12-17-20-16-10-9-14(24)11-18(16)28(3)21(20)22(31)29(26-17)15-7-5-4-6-8-15;1-25(12-23)18(28)11-16-19-15-9-8-13(22)10-17(15)26(2)20(19)21(29)27(24-16)14-6-4-3-5-7-14;1-22-15-9-11(20)7-8-13(15)17-14(10-16(24)25)21-23(19(26)18(17)22)12-5-3-2-4-6-12;1-2-4-5-3-1/h4-11,25,32H,12-13H2,1-3H3;3-10H,11-12,23H2,1-2H3;2-9H,10H2,1H3,(H,24,25);1-4H2. The molecule has 1 aliphatic heterocycles. The number of fused-ring (bicyclic) bond motifs is 9. The highest BCUT2D eigenvalue weighted by Gasteiger charge is 2.26. The Morgan fingerprint density at radius 3 is 1.16 bits per heavy atom. The molecule has 0 bridgehead atoms. The molecule has 13 rings (SSSR count). The number of carboxylic acids is 1. The van der Waals surface area contributed by atoms with Crippen LogP contribution in [0.1, 0.15) is 29.9 Å². The number of ether oxygens (including phenoxy) is 1. The second kappa shape index (κ2) is 28.4. The minimum atomic E-state index is -1.01. The van der Waals surface area contributed by atoms with Gasteiger partial charge in [-0.2, -0.15) is 29.3 Å². The first-order chi connectivity index (χ1) is 44.2. The zero-order valence-electron chi connectivity index (χ0n) is 51.2. The number of likely N-dealkylation sites (N-methyl/N-ethyl adjacent to an activating group) is 2. The molecular formula is C66H65BCl3N13O9. The molecular weight excluding hydrogens is 1240 g/mol. The number of carbonyl (C=O) groups excluding carboxylic acids is 2. The zero-order chi connectivity index (χ0) is 65.7. The van der Waals surface area contributed by atoms with Crippen LogP contribution >= 0.6 is 34.8 Å². The Bertz CT molecular complexity index is 4950. The van der Waals surface area contributed by atoms with Gasteiger partial charge in [-0.3, -0.25) is 28.8 Å². The molecule has 5 N–H and O–H groups in total. The molecule has 12 aromatic rings. The molecule has 6 aromatic heterocycles. The third-order valence-corrected chi connectivity index (χ3v) is 16.4. The van der Waals surface area contributed by atoms with E-state index in [1.54, 1.807) is 133 Å². The molecule has 1 aliphatic rings. The molecule has 7 heterocycles. The number of rotatable bonds is 13. The Morgan fingerprint density at radius 1 is 0.543 bits per heavy atom. The number of carbonyl (C=O) groups is 3. The summed E-state index contributed by atoms with van der Waals surface area (Å²) in [4.78, 5) is 79.8. The van der Waals surface area contributed by atoms with Gasteiger partial charge < -0.3 is 49.3 Å². The first kappa shape index (κ1) is 65.5. The lowest BCUT2D eigenvalue weighted by atomic mass is 9.89. The summed E-state index contributed by atoms with van der Waals surface area (Å²) in [5.74, 6) is -1.38. The summed E-state index contributed by atoms with van der Waals surface area (Å²) in [6, 6.07) is 43.3. The number of aliphatic carboxylic acids is 1. The number of aromatic nitrogens is 9. The number of halogens is 3. The van der Waals surface area contributed by atoms with Crippen LogP contribution in [0.4, 0.5) is 0 Å². The molecule has 1 saturated heterocycles. The summed E-state index contributed by atoms with van der Waals surface area (Å²) in [7, 11) is 7.93. The minimum absolute atomic E-state index is 0.0106. The lowest BCUT2D eigenvalue weighted by Gasteiger charge is -2.18. The first-order valence-corrected chi connectivity index (χ1v) is 30.4. The minimum Gasteiger partial charge on any atom is -0.481 e. The summed E-state index contributed by atoms with van der Waals surface area (Å²) < 4.78 is 14.2. The Hall–Kier alpha value is -9.46. The van der Waals surface area contributed by atoms with E-state index in [1.807, 2.05) is 68.7 Å². The van der Waals surface area contributed by atoms with E-state index in [-0.39, 0.29) is 61.1 Å². The van der Waals surface area contributed by atoms with E-state index in [0.717, 1.165) is 45.9 Å². The Kier molecular flexibility index (Phi) is 20.2. The third kappa shape index (κ3) is 13.6. The van der Waals surface area contributed by atoms with Crippen molar-refractivity contribution in [2.24, 2.45) is 26.9 Å². The van der Waals surface area contributed by atoms with E-state index >= 15 is 0 Å². The number of hydrogen-bond acceptors (Lipinski definition) is 13. The molecule has 22 nitrogen and oxygen atoms in total. The van der Waals surface area contributed by atoms with Crippen molar-refractivity contribution in [2.45, 2.75) is 38.9 Å². The average molecular weight is 1300 g/mol. The average Bonchev–Trinajstić information content (AvgIpc) is 1.58. The number of aryl methyl sites for hydroxylation is 3. The van der Waals surface area contributed by atoms with Gasteiger partial charge in [0.15, 0.2) is 0 Å². The van der Waals surface area contributed by atoms with Crippen molar-refractivity contribution >= 4 is 125 Å². The highest BCUT2D eigenvalue weighted by atomic mass is 35.5. The highest BCUT2D eigenvalue weighted by Crippen LogP contribution is 2.34. The van der Waals surface area contributed by atoms with E-state index in [2.05, 4.69) is 20.5 Å². The lowest BCUT2D eigenvalue weighted by molar-refractivity contribution is -0.136. The van der Waals surface area contributed by atoms with E-state index in [1.165, 1.54) is 36.7 Å². The lowest BCUT2D eigenvalue weighted by Crippen LogP contribution is -2.42. The monoisotopic (exact) mass is 1300 g/mol. The summed E-state index contributed by atoms with van der Waals surface area (Å²) in [6.45, 7) is 3.87. The van der Waals surface area contributed by atoms with Crippen molar-refractivity contribution in [3.63, 3.8) is 0 Å². The van der Waals surface area contributed by atoms with Gasteiger partial charge in [0.05, 0.1) is 83.3 Å². The van der Waals surface area contributed by atoms with Crippen molar-refractivity contribution in [1.82, 2.24) is 58.1 Å². The van der Waals surface area contributed by atoms with Gasteiger partial charge in [-0.1, -0.05) is 108 Å². The predicted molar refractivity (Wildman–Crippen MR) is 362 cm³/mol. The largest absolute Gasteiger partial charge is 0.481 e. The number of amides is 2. The summed E-state index contributed by atoms with van der Waals surface area (Å²) in [5.41, 5.74) is 11.6. The van der Waals surface area contributed by atoms with Gasteiger partial charge in [0.2, 0.25) is 11.8 Å². The maximum atomic E-state index is 13.5. The number of hydrogen-bond donors (Lipinski definition) is 4. The fourth-order valence-electron chi connectivity index (χ4n) is 11.1. The number of para-hydroxylation sites is 3. The smallest absolute Gasteiger partial charge is 0.375 e. The van der Waals surface area contributed by atoms with Crippen LogP contribution < -0.4 is 27.6 Å². The van der Waals surface area contributed by atoms with Crippen molar-refractivity contribution in [3.05, 3.63) is 209 Å². The molecule has 0 radical (unpaired) electrons. The fourth-order valence-corrected chi connectivity index (χ4v) is 11.6. The zero-order valence-corrected chi connectivity index (χ0v) is 53.4. The summed E-state index contributed by atoms with van der Waals surface area (Å²) in [5, 5.41) is 41.1. The molecule has 0 aliphatic carbocycles. The van der Waals surface area contributed by atoms with Crippen molar-refractivity contribution in [3.8, 4) is 17.1 Å². The van der Waals surface area contributed by atoms with Crippen LogP contribution in [-0.4, -0.2) is 128 Å². The number of nitrogens with two attached hydrogens (primary N) is 1. The van der Waals surface area contributed by atoms with Gasteiger partial charge in [0.25, 0.3) is 16.7 Å². The molecule has 26 heteroatoms. The van der Waals surface area contributed by atoms with E-state index < -0.39 is 13.0 Å². The Balaban J connectivity index is 0.000000146. The van der Waals surface area contributed by atoms with Gasteiger partial charge in [-0.25, -0.2) is 0 Å². The van der Waals surface area contributed by atoms with Gasteiger partial charge in [0, 0.05) is 95.8 Å². The maximum Gasteiger partial charge on any atom is 0.375 e. The molecule has 92 heavy (non-hydrogen) atoms. The second-order valence-electron chi connectivity index (χ2n) is 22.0. The fraction of sp³-hybridized carbons (Fsp3) is 0.227. The van der Waals surface area contributed by atoms with E-state index in [0.29, 0.717) is 81.9 Å². The molecule has 6 aromatic carbocycles. The van der Waals surface area contributed by atoms with Crippen molar-refractivity contribution in [1.29, 1.82) is 0 Å². The number of carboxylic acid groups (broad SMARTS) is 1. The topological polar surface area (TPSA) is 265 Å². The Labute approximate surface area is 541 Å². The molecule has 472 valence electrons. The van der Waals surface area contributed by atoms with Crippen LogP contribution in [0, 0.1) is 0 Å². The van der Waals surface area contributed by atoms with Crippen LogP contribution in [0.2, 0.25) is 21.9 Å². The molecule has 2 amide bonds. The van der Waals surface area contributed by atoms with Gasteiger partial charge in [-0.15, -0.1) is 0 Å². The SMILES string of the molecule is C1CCOC1.CB(O)NCN(C)C(=O)Cc1nn(-c2ccccc2)c(=O)c2c1c1ccc(Cl)cc1n2C.CN(CN)C(=O)Cc1nn(-c2ccccc2)c(=O)c2c1c1ccc(Cl)cc1n2C.Cn1c2cc(Cl)ccc2c2c(CC(=O)O)nn(-c3ccccc3)c(=O)c21. The quantitative estimate of drug-likeness (QED) is 0.0622. The predicted octanol–water partition coefficient (Wildman–Crippen LogP) is 8.59. The molecule has 0 saturated carbocycles. The number of benzene rings is 6. The van der Waals surface area contributed by atoms with Crippen LogP contribution in [0.5, 0.6) is 0 Å².